The molecule has 1 fully saturated rings. The van der Waals surface area contributed by atoms with Crippen molar-refractivity contribution in [3.05, 3.63) is 29.3 Å². The fraction of sp³-hybridized carbons (Fsp3) is 0.500. The van der Waals surface area contributed by atoms with Crippen LogP contribution in [0.25, 0.3) is 0 Å². The van der Waals surface area contributed by atoms with Gasteiger partial charge in [-0.05, 0) is 37.6 Å². The topological polar surface area (TPSA) is 73.5 Å². The molecular formula is C16H24N4O2. The Kier molecular flexibility index (Phi) is 5.77. The second-order valence-electron chi connectivity index (χ2n) is 5.34. The van der Waals surface area contributed by atoms with Gasteiger partial charge in [-0.15, -0.1) is 0 Å². The molecule has 1 aliphatic rings. The summed E-state index contributed by atoms with van der Waals surface area (Å²) in [5.74, 6) is -0.0998. The van der Waals surface area contributed by atoms with Gasteiger partial charge >= 0.3 is 6.03 Å². The van der Waals surface area contributed by atoms with Gasteiger partial charge in [0, 0.05) is 37.4 Å². The molecule has 1 aliphatic heterocycles. The van der Waals surface area contributed by atoms with E-state index in [0.29, 0.717) is 25.2 Å². The smallest absolute Gasteiger partial charge is 0.322 e. The standard InChI is InChI=1S/C16H24N4O2/c1-3-7-17-8-9-18-15(21)13-5-4-6-14(12(13)2)20-11-10-19-16(20)22/h4-6,17H,3,7-11H2,1-2H3,(H,18,21)(H,19,22). The number of urea groups is 1. The Balaban J connectivity index is 2.02. The van der Waals surface area contributed by atoms with Crippen molar-refractivity contribution < 1.29 is 9.59 Å². The molecule has 3 N–H and O–H groups in total. The normalized spacial score (nSPS) is 14.1. The van der Waals surface area contributed by atoms with Crippen molar-refractivity contribution in [2.24, 2.45) is 0 Å². The molecule has 1 heterocycles. The Morgan fingerprint density at radius 1 is 1.32 bits per heavy atom. The number of anilines is 1. The van der Waals surface area contributed by atoms with Crippen molar-refractivity contribution in [1.29, 1.82) is 0 Å². The Morgan fingerprint density at radius 2 is 2.14 bits per heavy atom. The van der Waals surface area contributed by atoms with Crippen LogP contribution in [0.1, 0.15) is 29.3 Å². The largest absolute Gasteiger partial charge is 0.351 e. The van der Waals surface area contributed by atoms with E-state index in [0.717, 1.165) is 30.8 Å². The lowest BCUT2D eigenvalue weighted by Gasteiger charge is -2.19. The Morgan fingerprint density at radius 3 is 2.82 bits per heavy atom. The molecule has 6 nitrogen and oxygen atoms in total. The number of carbonyl (C=O) groups excluding carboxylic acids is 2. The molecule has 0 aromatic heterocycles. The first-order valence-corrected chi connectivity index (χ1v) is 7.79. The van der Waals surface area contributed by atoms with Crippen molar-refractivity contribution in [3.63, 3.8) is 0 Å². The molecule has 1 aromatic carbocycles. The van der Waals surface area contributed by atoms with E-state index >= 15 is 0 Å². The number of benzene rings is 1. The highest BCUT2D eigenvalue weighted by molar-refractivity contribution is 6.00. The average Bonchev–Trinajstić information content (AvgIpc) is 2.93. The molecule has 120 valence electrons. The first-order valence-electron chi connectivity index (χ1n) is 7.79. The summed E-state index contributed by atoms with van der Waals surface area (Å²) in [6.07, 6.45) is 1.08. The van der Waals surface area contributed by atoms with E-state index < -0.39 is 0 Å². The van der Waals surface area contributed by atoms with Gasteiger partial charge in [0.05, 0.1) is 0 Å². The molecule has 22 heavy (non-hydrogen) atoms. The Bertz CT molecular complexity index is 545. The molecule has 0 unspecified atom stereocenters. The summed E-state index contributed by atoms with van der Waals surface area (Å²) in [6, 6.07) is 5.38. The molecule has 1 saturated heterocycles. The van der Waals surface area contributed by atoms with Gasteiger partial charge < -0.3 is 16.0 Å². The monoisotopic (exact) mass is 304 g/mol. The van der Waals surface area contributed by atoms with Crippen LogP contribution in [-0.4, -0.2) is 44.7 Å². The molecule has 0 atom stereocenters. The predicted molar refractivity (Wildman–Crippen MR) is 87.4 cm³/mol. The van der Waals surface area contributed by atoms with E-state index in [4.69, 9.17) is 0 Å². The number of hydrogen-bond donors (Lipinski definition) is 3. The molecule has 3 amide bonds. The van der Waals surface area contributed by atoms with Gasteiger partial charge in [0.1, 0.15) is 0 Å². The van der Waals surface area contributed by atoms with Crippen molar-refractivity contribution in [2.45, 2.75) is 20.3 Å². The number of nitrogens with zero attached hydrogens (tertiary/aromatic N) is 1. The molecule has 0 aliphatic carbocycles. The SMILES string of the molecule is CCCNCCNC(=O)c1cccc(N2CCNC2=O)c1C. The van der Waals surface area contributed by atoms with Crippen molar-refractivity contribution >= 4 is 17.6 Å². The summed E-state index contributed by atoms with van der Waals surface area (Å²) >= 11 is 0. The average molecular weight is 304 g/mol. The van der Waals surface area contributed by atoms with Gasteiger partial charge in [-0.3, -0.25) is 9.69 Å². The van der Waals surface area contributed by atoms with Crippen LogP contribution in [0.4, 0.5) is 10.5 Å². The van der Waals surface area contributed by atoms with E-state index in [9.17, 15) is 9.59 Å². The summed E-state index contributed by atoms with van der Waals surface area (Å²) in [7, 11) is 0. The lowest BCUT2D eigenvalue weighted by Crippen LogP contribution is -2.33. The van der Waals surface area contributed by atoms with Gasteiger partial charge in [0.15, 0.2) is 0 Å². The number of amides is 3. The number of rotatable bonds is 7. The van der Waals surface area contributed by atoms with Crippen LogP contribution in [0.15, 0.2) is 18.2 Å². The minimum absolute atomic E-state index is 0.0998. The zero-order valence-corrected chi connectivity index (χ0v) is 13.2. The van der Waals surface area contributed by atoms with Gasteiger partial charge in [-0.1, -0.05) is 13.0 Å². The lowest BCUT2D eigenvalue weighted by atomic mass is 10.1. The lowest BCUT2D eigenvalue weighted by molar-refractivity contribution is 0.0953. The van der Waals surface area contributed by atoms with Crippen LogP contribution in [0.5, 0.6) is 0 Å². The number of carbonyl (C=O) groups is 2. The van der Waals surface area contributed by atoms with Crippen LogP contribution >= 0.6 is 0 Å². The molecule has 1 aromatic rings. The summed E-state index contributed by atoms with van der Waals surface area (Å²) in [5, 5.41) is 8.93. The minimum Gasteiger partial charge on any atom is -0.351 e. The van der Waals surface area contributed by atoms with Gasteiger partial charge in [-0.25, -0.2) is 4.79 Å². The van der Waals surface area contributed by atoms with Crippen LogP contribution in [0, 0.1) is 6.92 Å². The van der Waals surface area contributed by atoms with Crippen molar-refractivity contribution in [2.75, 3.05) is 37.6 Å². The van der Waals surface area contributed by atoms with Crippen LogP contribution < -0.4 is 20.9 Å². The number of nitrogens with one attached hydrogen (secondary N) is 3. The fourth-order valence-electron chi connectivity index (χ4n) is 2.52. The van der Waals surface area contributed by atoms with Gasteiger partial charge in [0.25, 0.3) is 5.91 Å². The van der Waals surface area contributed by atoms with Gasteiger partial charge in [0.2, 0.25) is 0 Å². The highest BCUT2D eigenvalue weighted by Crippen LogP contribution is 2.24. The Hall–Kier alpha value is -2.08. The molecular weight excluding hydrogens is 280 g/mol. The maximum atomic E-state index is 12.3. The molecule has 2 rings (SSSR count). The van der Waals surface area contributed by atoms with Crippen LogP contribution in [-0.2, 0) is 0 Å². The molecule has 0 bridgehead atoms. The fourth-order valence-corrected chi connectivity index (χ4v) is 2.52. The van der Waals surface area contributed by atoms with E-state index in [1.54, 1.807) is 11.0 Å². The first-order chi connectivity index (χ1) is 10.6. The zero-order chi connectivity index (χ0) is 15.9. The highest BCUT2D eigenvalue weighted by atomic mass is 16.2. The second-order valence-corrected chi connectivity index (χ2v) is 5.34. The molecule has 0 radical (unpaired) electrons. The third-order valence-corrected chi connectivity index (χ3v) is 3.71. The van der Waals surface area contributed by atoms with E-state index in [2.05, 4.69) is 22.9 Å². The molecule has 0 saturated carbocycles. The van der Waals surface area contributed by atoms with Crippen molar-refractivity contribution in [3.8, 4) is 0 Å². The Labute approximate surface area is 131 Å². The van der Waals surface area contributed by atoms with E-state index in [-0.39, 0.29) is 11.9 Å². The third kappa shape index (κ3) is 3.76. The quantitative estimate of drug-likeness (QED) is 0.664. The maximum absolute atomic E-state index is 12.3. The third-order valence-electron chi connectivity index (χ3n) is 3.71. The summed E-state index contributed by atoms with van der Waals surface area (Å²) in [5.41, 5.74) is 2.25. The molecule has 0 spiro atoms. The highest BCUT2D eigenvalue weighted by Gasteiger charge is 2.24. The van der Waals surface area contributed by atoms with Gasteiger partial charge in [-0.2, -0.15) is 0 Å². The van der Waals surface area contributed by atoms with Crippen LogP contribution in [0.2, 0.25) is 0 Å². The van der Waals surface area contributed by atoms with Crippen LogP contribution in [0.3, 0.4) is 0 Å². The zero-order valence-electron chi connectivity index (χ0n) is 13.2. The van der Waals surface area contributed by atoms with Crippen molar-refractivity contribution in [1.82, 2.24) is 16.0 Å². The number of hydrogen-bond acceptors (Lipinski definition) is 3. The maximum Gasteiger partial charge on any atom is 0.322 e. The predicted octanol–water partition coefficient (Wildman–Crippen LogP) is 1.25. The summed E-state index contributed by atoms with van der Waals surface area (Å²) in [6.45, 7) is 7.55. The van der Waals surface area contributed by atoms with E-state index in [1.807, 2.05) is 19.1 Å². The second kappa shape index (κ2) is 7.79. The minimum atomic E-state index is -0.107. The summed E-state index contributed by atoms with van der Waals surface area (Å²) in [4.78, 5) is 25.8. The first kappa shape index (κ1) is 16.3. The van der Waals surface area contributed by atoms with E-state index in [1.165, 1.54) is 0 Å². The molecule has 6 heteroatoms. The summed E-state index contributed by atoms with van der Waals surface area (Å²) < 4.78 is 0.